The number of carbonyl (C=O) groups excluding carboxylic acids is 7. The number of aliphatic hydroxyl groups excluding tert-OH is 9. The summed E-state index contributed by atoms with van der Waals surface area (Å²) in [4.78, 5) is 103. The molecule has 1 aliphatic carbocycles. The van der Waals surface area contributed by atoms with E-state index in [0.717, 1.165) is 0 Å². The molecule has 1 aromatic rings. The lowest BCUT2D eigenvalue weighted by Crippen LogP contribution is -2.64. The summed E-state index contributed by atoms with van der Waals surface area (Å²) in [7, 11) is -3.90. The van der Waals surface area contributed by atoms with E-state index in [1.165, 1.54) is 25.7 Å². The number of carbonyl (C=O) groups is 7. The van der Waals surface area contributed by atoms with Gasteiger partial charge in [0.25, 0.3) is 0 Å². The molecular formula is C61H103N8O28P. The second-order valence-electron chi connectivity index (χ2n) is 25.2. The minimum absolute atomic E-state index is 0.0816. The molecule has 17 atom stereocenters. The van der Waals surface area contributed by atoms with Crippen molar-refractivity contribution in [3.8, 4) is 0 Å². The first-order valence-electron chi connectivity index (χ1n) is 32.7. The highest BCUT2D eigenvalue weighted by atomic mass is 31.2. The maximum absolute atomic E-state index is 14.6. The molecular weight excluding hydrogens is 1320 g/mol. The van der Waals surface area contributed by atoms with E-state index in [2.05, 4.69) is 37.2 Å². The molecule has 0 radical (unpaired) electrons. The molecule has 98 heavy (non-hydrogen) atoms. The van der Waals surface area contributed by atoms with E-state index in [0.29, 0.717) is 36.8 Å². The lowest BCUT2D eigenvalue weighted by Gasteiger charge is -2.42. The highest BCUT2D eigenvalue weighted by Gasteiger charge is 2.48. The van der Waals surface area contributed by atoms with Crippen LogP contribution in [0.25, 0.3) is 0 Å². The van der Waals surface area contributed by atoms with Crippen LogP contribution in [0.2, 0.25) is 0 Å². The molecule has 17 N–H and O–H groups in total. The molecule has 36 nitrogen and oxygen atoms in total. The van der Waals surface area contributed by atoms with Crippen molar-refractivity contribution >= 4 is 48.9 Å². The van der Waals surface area contributed by atoms with Crippen LogP contribution >= 0.6 is 7.60 Å². The van der Waals surface area contributed by atoms with Gasteiger partial charge in [0.15, 0.2) is 18.9 Å². The van der Waals surface area contributed by atoms with E-state index >= 15 is 0 Å². The van der Waals surface area contributed by atoms with E-state index in [-0.39, 0.29) is 104 Å². The van der Waals surface area contributed by atoms with Crippen molar-refractivity contribution in [3.63, 3.8) is 0 Å². The Labute approximate surface area is 568 Å². The zero-order valence-electron chi connectivity index (χ0n) is 56.2. The number of nitrogens with zero attached hydrogens (tertiary/aromatic N) is 1. The molecule has 4 fully saturated rings. The van der Waals surface area contributed by atoms with Gasteiger partial charge in [0.2, 0.25) is 41.4 Å². The molecule has 3 aliphatic heterocycles. The molecule has 560 valence electrons. The summed E-state index contributed by atoms with van der Waals surface area (Å²) in [6, 6.07) is 2.10. The molecule has 17 unspecified atom stereocenters. The third kappa shape index (κ3) is 26.7. The van der Waals surface area contributed by atoms with Gasteiger partial charge in [-0.25, -0.2) is 0 Å². The Balaban J connectivity index is 1.26. The molecule has 7 amide bonds. The predicted molar refractivity (Wildman–Crippen MR) is 339 cm³/mol. The van der Waals surface area contributed by atoms with Crippen molar-refractivity contribution < 1.29 is 136 Å². The normalized spacial score (nSPS) is 29.1. The van der Waals surface area contributed by atoms with Gasteiger partial charge < -0.3 is 135 Å². The molecule has 3 saturated heterocycles. The fourth-order valence-electron chi connectivity index (χ4n) is 11.0. The summed E-state index contributed by atoms with van der Waals surface area (Å²) < 4.78 is 69.3. The van der Waals surface area contributed by atoms with Gasteiger partial charge in [0, 0.05) is 52.9 Å². The van der Waals surface area contributed by atoms with Crippen LogP contribution in [0, 0.1) is 5.92 Å². The average molecular weight is 1430 g/mol. The van der Waals surface area contributed by atoms with E-state index in [1.54, 1.807) is 45.0 Å². The molecule has 4 aliphatic rings. The number of hydrogen-bond donors (Lipinski definition) is 17. The molecule has 5 rings (SSSR count). The maximum Gasteiger partial charge on any atom is 0.333 e. The fourth-order valence-corrected chi connectivity index (χ4v) is 11.9. The summed E-state index contributed by atoms with van der Waals surface area (Å²) in [5.41, 5.74) is 1.27. The second-order valence-corrected chi connectivity index (χ2v) is 27.8. The number of amides is 7. The zero-order chi connectivity index (χ0) is 72.3. The first kappa shape index (κ1) is 83.6. The largest absolute Gasteiger partial charge is 0.394 e. The van der Waals surface area contributed by atoms with Crippen LogP contribution in [0.3, 0.4) is 0 Å². The van der Waals surface area contributed by atoms with Crippen LogP contribution in [0.1, 0.15) is 78.4 Å². The highest BCUT2D eigenvalue weighted by molar-refractivity contribution is 7.54. The van der Waals surface area contributed by atoms with E-state index in [1.807, 2.05) is 0 Å². The number of hydrogen-bond acceptors (Lipinski definition) is 28. The van der Waals surface area contributed by atoms with Gasteiger partial charge in [-0.3, -0.25) is 43.0 Å². The van der Waals surface area contributed by atoms with Crippen LogP contribution < -0.4 is 37.2 Å². The Morgan fingerprint density at radius 1 is 0.531 bits per heavy atom. The third-order valence-corrected chi connectivity index (χ3v) is 18.8. The molecule has 1 saturated carbocycles. The lowest BCUT2D eigenvalue weighted by molar-refractivity contribution is -0.272. The third-order valence-electron chi connectivity index (χ3n) is 16.5. The van der Waals surface area contributed by atoms with Gasteiger partial charge in [-0.05, 0) is 64.0 Å². The monoisotopic (exact) mass is 1430 g/mol. The molecule has 1 aromatic carbocycles. The number of nitrogens with one attached hydrogen (secondary N) is 7. The van der Waals surface area contributed by atoms with Crippen LogP contribution in [-0.2, 0) is 98.2 Å². The predicted octanol–water partition coefficient (Wildman–Crippen LogP) is -6.65. The van der Waals surface area contributed by atoms with Gasteiger partial charge >= 0.3 is 7.60 Å². The number of ether oxygens (including phenoxy) is 9. The number of aliphatic hydroxyl groups is 9. The Bertz CT molecular complexity index is 2600. The molecule has 37 heteroatoms. The summed E-state index contributed by atoms with van der Waals surface area (Å²) in [6.07, 6.45) is -15.5. The van der Waals surface area contributed by atoms with Crippen molar-refractivity contribution in [2.24, 2.45) is 5.92 Å². The minimum Gasteiger partial charge on any atom is -0.394 e. The topological polar surface area (TPSA) is 519 Å². The van der Waals surface area contributed by atoms with Crippen molar-refractivity contribution in [2.75, 3.05) is 112 Å². The van der Waals surface area contributed by atoms with E-state index < -0.39 is 185 Å². The highest BCUT2D eigenvalue weighted by Crippen LogP contribution is 2.57. The first-order valence-corrected chi connectivity index (χ1v) is 34.2. The van der Waals surface area contributed by atoms with E-state index in [4.69, 9.17) is 47.2 Å². The Morgan fingerprint density at radius 3 is 1.26 bits per heavy atom. The van der Waals surface area contributed by atoms with Crippen molar-refractivity contribution in [2.45, 2.75) is 189 Å². The van der Waals surface area contributed by atoms with Gasteiger partial charge in [0.05, 0.1) is 110 Å². The Morgan fingerprint density at radius 2 is 0.898 bits per heavy atom. The van der Waals surface area contributed by atoms with Gasteiger partial charge in [0.1, 0.15) is 73.1 Å². The van der Waals surface area contributed by atoms with Crippen LogP contribution in [0.5, 0.6) is 0 Å². The Hall–Kier alpha value is -5.10. The van der Waals surface area contributed by atoms with Crippen molar-refractivity contribution in [1.82, 2.24) is 42.1 Å². The zero-order valence-corrected chi connectivity index (χ0v) is 57.1. The van der Waals surface area contributed by atoms with Crippen LogP contribution in [0.4, 0.5) is 0 Å². The molecule has 0 bridgehead atoms. The van der Waals surface area contributed by atoms with Crippen LogP contribution in [-0.4, -0.2) is 318 Å². The molecule has 0 spiro atoms. The average Bonchev–Trinajstić information content (AvgIpc) is 0.826. The lowest BCUT2D eigenvalue weighted by atomic mass is 9.87. The smallest absolute Gasteiger partial charge is 0.333 e. The molecule has 3 heterocycles. The summed E-state index contributed by atoms with van der Waals surface area (Å²) >= 11 is 0. The minimum atomic E-state index is -3.90. The quantitative estimate of drug-likeness (QED) is 0.0215. The van der Waals surface area contributed by atoms with Crippen molar-refractivity contribution in [1.29, 1.82) is 0 Å². The standard InChI is InChI=1S/C61H103N8O28P/c1-34(73)66-47-53(81)50(78)42(31-70)94-58(47)91-24-21-88-18-15-62-45(76)29-69(30-46(77)63-16-19-89-22-25-92-59-48(67-35(2)74)54(82)51(79)43(32-71)95-59)41(57(85)64-17-20-90-23-26-93-60-49(68-36(3)75)55(83)52(80)44(33-72)96-60)27-37-7-9-38(10-8-37)28-65-56(84)39-11-13-40(14-12-39)97-98(86,87)61(4,5)6/h7-10,39-44,47-55,58-60,70-72,78-83H,11-33H2,1-6H3,(H,62,76)(H,63,77)(H,64,85)(H,65,84)(H,66,73)(H,67,74)(H,68,75)(H,86,87)/t39-,40-,41?,42?,43?,44?,47?,48?,49?,50?,51?,52?,53?,54?,55?,58?,59?,60?. The van der Waals surface area contributed by atoms with Crippen molar-refractivity contribution in [3.05, 3.63) is 35.4 Å². The van der Waals surface area contributed by atoms with Crippen LogP contribution in [0.15, 0.2) is 24.3 Å². The molecule has 0 aromatic heterocycles. The summed E-state index contributed by atoms with van der Waals surface area (Å²) in [5.74, 6) is -4.12. The van der Waals surface area contributed by atoms with Gasteiger partial charge in [-0.2, -0.15) is 0 Å². The van der Waals surface area contributed by atoms with E-state index in [9.17, 15) is 89.0 Å². The summed E-state index contributed by atoms with van der Waals surface area (Å²) in [6.45, 7) is 4.23. The fraction of sp³-hybridized carbons (Fsp3) is 0.787. The Kier molecular flexibility index (Phi) is 35.6. The maximum atomic E-state index is 14.6. The van der Waals surface area contributed by atoms with Gasteiger partial charge in [-0.15, -0.1) is 0 Å². The second kappa shape index (κ2) is 41.7. The number of benzene rings is 1. The van der Waals surface area contributed by atoms with Gasteiger partial charge in [-0.1, -0.05) is 24.3 Å². The summed E-state index contributed by atoms with van der Waals surface area (Å²) in [5, 5.41) is 110. The SMILES string of the molecule is CC(=O)NC1C(OCCOCCNC(=O)CN(CC(=O)NCCOCCOC2OC(CO)C(O)C(O)C2NC(C)=O)C(Cc2ccc(CNC(=O)[C@H]3CC[C@H](OP(=O)(O)C(C)(C)C)CC3)cc2)C(=O)NCCOCCOC2OC(CO)C(O)C(O)C2NC(C)=O)OC(CO)C(O)C1O. The number of rotatable bonds is 40. The first-order chi connectivity index (χ1) is 46.5.